The zero-order valence-electron chi connectivity index (χ0n) is 14.3. The zero-order valence-corrected chi connectivity index (χ0v) is 14.3. The predicted octanol–water partition coefficient (Wildman–Crippen LogP) is 1.48. The lowest BCUT2D eigenvalue weighted by Crippen LogP contribution is -2.39. The number of guanidine groups is 1. The second-order valence-corrected chi connectivity index (χ2v) is 5.25. The summed E-state index contributed by atoms with van der Waals surface area (Å²) in [6.07, 6.45) is 4.15. The number of hydrogen-bond acceptors (Lipinski definition) is 3. The van der Waals surface area contributed by atoms with Crippen LogP contribution in [0.4, 0.5) is 0 Å². The molecule has 0 aliphatic carbocycles. The Morgan fingerprint density at radius 1 is 1.32 bits per heavy atom. The fourth-order valence-electron chi connectivity index (χ4n) is 2.14. The maximum absolute atomic E-state index is 5.44. The summed E-state index contributed by atoms with van der Waals surface area (Å²) in [7, 11) is 7.61. The lowest BCUT2D eigenvalue weighted by Gasteiger charge is -2.22. The molecule has 0 amide bonds. The number of aromatic nitrogens is 1. The van der Waals surface area contributed by atoms with Crippen molar-refractivity contribution in [1.82, 2.24) is 14.8 Å². The normalized spacial score (nSPS) is 11.7. The van der Waals surface area contributed by atoms with Crippen molar-refractivity contribution in [2.24, 2.45) is 12.0 Å². The van der Waals surface area contributed by atoms with Gasteiger partial charge in [-0.2, -0.15) is 0 Å². The van der Waals surface area contributed by atoms with Crippen molar-refractivity contribution in [2.75, 3.05) is 47.6 Å². The van der Waals surface area contributed by atoms with Crippen molar-refractivity contribution < 1.29 is 9.47 Å². The van der Waals surface area contributed by atoms with E-state index >= 15 is 0 Å². The van der Waals surface area contributed by atoms with Crippen LogP contribution < -0.4 is 5.32 Å². The highest BCUT2D eigenvalue weighted by atomic mass is 16.5. The van der Waals surface area contributed by atoms with Gasteiger partial charge in [0.05, 0.1) is 19.8 Å². The largest absolute Gasteiger partial charge is 0.382 e. The van der Waals surface area contributed by atoms with Crippen LogP contribution in [0, 0.1) is 0 Å². The van der Waals surface area contributed by atoms with Crippen LogP contribution in [0.15, 0.2) is 23.3 Å². The van der Waals surface area contributed by atoms with Crippen LogP contribution in [0.3, 0.4) is 0 Å². The third-order valence-electron chi connectivity index (χ3n) is 3.45. The summed E-state index contributed by atoms with van der Waals surface area (Å²) < 4.78 is 12.5. The fraction of sp³-hybridized carbons (Fsp3) is 0.688. The van der Waals surface area contributed by atoms with E-state index < -0.39 is 0 Å². The van der Waals surface area contributed by atoms with Crippen molar-refractivity contribution in [2.45, 2.75) is 19.4 Å². The van der Waals surface area contributed by atoms with E-state index in [0.717, 1.165) is 38.5 Å². The maximum atomic E-state index is 5.44. The molecule has 0 saturated carbocycles. The highest BCUT2D eigenvalue weighted by molar-refractivity contribution is 5.79. The van der Waals surface area contributed by atoms with Gasteiger partial charge in [0.15, 0.2) is 5.96 Å². The number of rotatable bonds is 10. The summed E-state index contributed by atoms with van der Waals surface area (Å²) in [5, 5.41) is 3.39. The molecule has 6 nitrogen and oxygen atoms in total. The van der Waals surface area contributed by atoms with Gasteiger partial charge in [-0.15, -0.1) is 0 Å². The molecule has 6 heteroatoms. The minimum atomic E-state index is 0.662. The Labute approximate surface area is 134 Å². The summed E-state index contributed by atoms with van der Waals surface area (Å²) in [6.45, 7) is 3.85. The van der Waals surface area contributed by atoms with Gasteiger partial charge >= 0.3 is 0 Å². The van der Waals surface area contributed by atoms with E-state index in [1.807, 2.05) is 7.05 Å². The third kappa shape index (κ3) is 6.95. The molecule has 0 aromatic carbocycles. The van der Waals surface area contributed by atoms with Gasteiger partial charge in [-0.25, -0.2) is 0 Å². The molecule has 0 saturated heterocycles. The summed E-state index contributed by atoms with van der Waals surface area (Å²) in [5.41, 5.74) is 1.26. The number of nitrogens with zero attached hydrogens (tertiary/aromatic N) is 3. The Bertz CT molecular complexity index is 432. The Hall–Kier alpha value is -1.53. The number of unbranched alkanes of at least 4 members (excludes halogenated alkanes) is 1. The van der Waals surface area contributed by atoms with Crippen LogP contribution in [-0.4, -0.2) is 63.0 Å². The minimum Gasteiger partial charge on any atom is -0.382 e. The lowest BCUT2D eigenvalue weighted by atomic mass is 10.3. The number of aliphatic imine (C=N–C) groups is 1. The van der Waals surface area contributed by atoms with Crippen molar-refractivity contribution in [3.8, 4) is 0 Å². The van der Waals surface area contributed by atoms with Crippen LogP contribution >= 0.6 is 0 Å². The quantitative estimate of drug-likeness (QED) is 0.404. The molecular weight excluding hydrogens is 280 g/mol. The second-order valence-electron chi connectivity index (χ2n) is 5.25. The molecule has 0 fully saturated rings. The number of ether oxygens (including phenoxy) is 2. The molecule has 0 atom stereocenters. The number of aryl methyl sites for hydroxylation is 1. The summed E-state index contributed by atoms with van der Waals surface area (Å²) in [6, 6.07) is 4.18. The average molecular weight is 310 g/mol. The molecule has 0 bridgehead atoms. The van der Waals surface area contributed by atoms with Crippen molar-refractivity contribution >= 4 is 5.96 Å². The fourth-order valence-corrected chi connectivity index (χ4v) is 2.14. The molecular formula is C16H30N4O2. The molecule has 1 aromatic heterocycles. The first-order valence-electron chi connectivity index (χ1n) is 7.77. The van der Waals surface area contributed by atoms with Gasteiger partial charge in [-0.05, 0) is 25.0 Å². The topological polar surface area (TPSA) is 51.0 Å². The van der Waals surface area contributed by atoms with Crippen LogP contribution in [0.2, 0.25) is 0 Å². The number of methoxy groups -OCH3 is 1. The van der Waals surface area contributed by atoms with E-state index in [1.165, 1.54) is 5.69 Å². The van der Waals surface area contributed by atoms with Crippen LogP contribution in [-0.2, 0) is 23.1 Å². The van der Waals surface area contributed by atoms with Gasteiger partial charge in [0.25, 0.3) is 0 Å². The van der Waals surface area contributed by atoms with Gasteiger partial charge in [0, 0.05) is 53.3 Å². The molecule has 0 unspecified atom stereocenters. The number of nitrogens with one attached hydrogen (secondary N) is 1. The summed E-state index contributed by atoms with van der Waals surface area (Å²) >= 11 is 0. The molecule has 22 heavy (non-hydrogen) atoms. The molecule has 0 radical (unpaired) electrons. The van der Waals surface area contributed by atoms with Crippen molar-refractivity contribution in [3.63, 3.8) is 0 Å². The summed E-state index contributed by atoms with van der Waals surface area (Å²) in [5.74, 6) is 0.918. The smallest absolute Gasteiger partial charge is 0.193 e. The molecule has 1 aromatic rings. The van der Waals surface area contributed by atoms with Crippen LogP contribution in [0.5, 0.6) is 0 Å². The van der Waals surface area contributed by atoms with Crippen molar-refractivity contribution in [3.05, 3.63) is 24.0 Å². The van der Waals surface area contributed by atoms with Gasteiger partial charge in [0.2, 0.25) is 0 Å². The van der Waals surface area contributed by atoms with Crippen LogP contribution in [0.25, 0.3) is 0 Å². The zero-order chi connectivity index (χ0) is 16.2. The lowest BCUT2D eigenvalue weighted by molar-refractivity contribution is 0.0689. The highest BCUT2D eigenvalue weighted by Crippen LogP contribution is 2.03. The Balaban J connectivity index is 2.18. The molecule has 0 spiro atoms. The third-order valence-corrected chi connectivity index (χ3v) is 3.45. The first-order valence-corrected chi connectivity index (χ1v) is 7.77. The summed E-state index contributed by atoms with van der Waals surface area (Å²) in [4.78, 5) is 6.46. The number of hydrogen-bond donors (Lipinski definition) is 1. The Kier molecular flexibility index (Phi) is 9.34. The molecule has 1 N–H and O–H groups in total. The minimum absolute atomic E-state index is 0.662. The maximum Gasteiger partial charge on any atom is 0.193 e. The van der Waals surface area contributed by atoms with E-state index in [9.17, 15) is 0 Å². The highest BCUT2D eigenvalue weighted by Gasteiger charge is 2.07. The second kappa shape index (κ2) is 11.1. The SMILES string of the molecule is CN=C(NCCCCOCCOC)N(C)Cc1cccn1C. The molecule has 0 aliphatic rings. The van der Waals surface area contributed by atoms with E-state index in [0.29, 0.717) is 13.2 Å². The molecule has 1 heterocycles. The molecule has 0 aliphatic heterocycles. The van der Waals surface area contributed by atoms with E-state index in [4.69, 9.17) is 9.47 Å². The Morgan fingerprint density at radius 2 is 2.14 bits per heavy atom. The van der Waals surface area contributed by atoms with E-state index in [1.54, 1.807) is 7.11 Å². The van der Waals surface area contributed by atoms with Gasteiger partial charge in [0.1, 0.15) is 0 Å². The molecule has 126 valence electrons. The Morgan fingerprint density at radius 3 is 2.77 bits per heavy atom. The monoisotopic (exact) mass is 310 g/mol. The first kappa shape index (κ1) is 18.5. The molecule has 1 rings (SSSR count). The van der Waals surface area contributed by atoms with E-state index in [2.05, 4.69) is 52.2 Å². The first-order chi connectivity index (χ1) is 10.7. The predicted molar refractivity (Wildman–Crippen MR) is 90.2 cm³/mol. The van der Waals surface area contributed by atoms with Crippen LogP contribution in [0.1, 0.15) is 18.5 Å². The van der Waals surface area contributed by atoms with E-state index in [-0.39, 0.29) is 0 Å². The van der Waals surface area contributed by atoms with Crippen molar-refractivity contribution in [1.29, 1.82) is 0 Å². The van der Waals surface area contributed by atoms with Gasteiger partial charge < -0.3 is 24.3 Å². The standard InChI is InChI=1S/C16H30N4O2/c1-17-16(18-9-5-6-11-22-13-12-21-4)20(3)14-15-8-7-10-19(15)2/h7-8,10H,5-6,9,11-14H2,1-4H3,(H,17,18). The average Bonchev–Trinajstić information content (AvgIpc) is 2.91. The van der Waals surface area contributed by atoms with Gasteiger partial charge in [-0.1, -0.05) is 0 Å². The van der Waals surface area contributed by atoms with Gasteiger partial charge in [-0.3, -0.25) is 4.99 Å².